The van der Waals surface area contributed by atoms with Gasteiger partial charge in [-0.15, -0.1) is 0 Å². The molecule has 0 heterocycles. The Bertz CT molecular complexity index is 874. The van der Waals surface area contributed by atoms with E-state index in [4.69, 9.17) is 4.74 Å². The molecule has 0 N–H and O–H groups in total. The van der Waals surface area contributed by atoms with Crippen LogP contribution in [0.4, 0.5) is 5.69 Å². The molecule has 3 nitrogen and oxygen atoms in total. The third-order valence-corrected chi connectivity index (χ3v) is 4.20. The maximum absolute atomic E-state index is 12.1. The monoisotopic (exact) mass is 441 g/mol. The second-order valence-corrected chi connectivity index (χ2v) is 6.67. The number of carbonyl (C=O) groups excluding carboxylic acids is 1. The van der Waals surface area contributed by atoms with Crippen molar-refractivity contribution in [1.82, 2.24) is 0 Å². The first kappa shape index (κ1) is 17.4. The summed E-state index contributed by atoms with van der Waals surface area (Å²) in [4.78, 5) is 16.5. The van der Waals surface area contributed by atoms with Gasteiger partial charge in [0.25, 0.3) is 0 Å². The van der Waals surface area contributed by atoms with E-state index >= 15 is 0 Å². The van der Waals surface area contributed by atoms with Crippen LogP contribution in [0.1, 0.15) is 21.5 Å². The number of halogens is 1. The SMILES string of the molecule is O=C(OCc1ccccc1)c1ccc(/C=N/c2cccc(I)c2)cc1. The van der Waals surface area contributed by atoms with Crippen LogP contribution in [0.5, 0.6) is 0 Å². The zero-order valence-electron chi connectivity index (χ0n) is 13.4. The average molecular weight is 441 g/mol. The number of rotatable bonds is 5. The number of hydrogen-bond acceptors (Lipinski definition) is 3. The van der Waals surface area contributed by atoms with Gasteiger partial charge < -0.3 is 4.74 Å². The Kier molecular flexibility index (Phi) is 5.95. The number of esters is 1. The van der Waals surface area contributed by atoms with E-state index in [1.165, 1.54) is 0 Å². The molecule has 0 radical (unpaired) electrons. The molecular formula is C21H16INO2. The number of carbonyl (C=O) groups is 1. The van der Waals surface area contributed by atoms with Crippen LogP contribution in [-0.2, 0) is 11.3 Å². The lowest BCUT2D eigenvalue weighted by molar-refractivity contribution is 0.0472. The lowest BCUT2D eigenvalue weighted by Crippen LogP contribution is -2.05. The molecule has 0 fully saturated rings. The molecule has 25 heavy (non-hydrogen) atoms. The van der Waals surface area contributed by atoms with Crippen molar-refractivity contribution in [1.29, 1.82) is 0 Å². The van der Waals surface area contributed by atoms with Gasteiger partial charge in [-0.2, -0.15) is 0 Å². The smallest absolute Gasteiger partial charge is 0.338 e. The first-order valence-electron chi connectivity index (χ1n) is 7.81. The van der Waals surface area contributed by atoms with Crippen molar-refractivity contribution in [3.05, 3.63) is 99.1 Å². The lowest BCUT2D eigenvalue weighted by Gasteiger charge is -2.05. The van der Waals surface area contributed by atoms with Crippen molar-refractivity contribution in [2.75, 3.05) is 0 Å². The minimum atomic E-state index is -0.329. The largest absolute Gasteiger partial charge is 0.457 e. The van der Waals surface area contributed by atoms with Gasteiger partial charge in [-0.05, 0) is 64.0 Å². The van der Waals surface area contributed by atoms with Crippen molar-refractivity contribution in [2.45, 2.75) is 6.61 Å². The summed E-state index contributed by atoms with van der Waals surface area (Å²) >= 11 is 2.26. The van der Waals surface area contributed by atoms with Crippen molar-refractivity contribution in [3.63, 3.8) is 0 Å². The van der Waals surface area contributed by atoms with E-state index < -0.39 is 0 Å². The van der Waals surface area contributed by atoms with Gasteiger partial charge in [-0.25, -0.2) is 4.79 Å². The quantitative estimate of drug-likeness (QED) is 0.302. The van der Waals surface area contributed by atoms with Gasteiger partial charge in [-0.1, -0.05) is 48.5 Å². The topological polar surface area (TPSA) is 38.7 Å². The maximum atomic E-state index is 12.1. The fourth-order valence-corrected chi connectivity index (χ4v) is 2.74. The number of nitrogens with zero attached hydrogens (tertiary/aromatic N) is 1. The van der Waals surface area contributed by atoms with E-state index in [0.29, 0.717) is 5.56 Å². The highest BCUT2D eigenvalue weighted by Crippen LogP contribution is 2.15. The van der Waals surface area contributed by atoms with Gasteiger partial charge >= 0.3 is 5.97 Å². The van der Waals surface area contributed by atoms with Crippen LogP contribution in [0.25, 0.3) is 0 Å². The molecule has 0 saturated heterocycles. The van der Waals surface area contributed by atoms with Crippen molar-refractivity contribution < 1.29 is 9.53 Å². The highest BCUT2D eigenvalue weighted by atomic mass is 127. The molecule has 0 aliphatic carbocycles. The molecule has 3 aromatic rings. The predicted octanol–water partition coefficient (Wildman–Crippen LogP) is 5.40. The first-order chi connectivity index (χ1) is 12.2. The van der Waals surface area contributed by atoms with Crippen molar-refractivity contribution in [2.24, 2.45) is 4.99 Å². The highest BCUT2D eigenvalue weighted by molar-refractivity contribution is 14.1. The first-order valence-corrected chi connectivity index (χ1v) is 8.89. The minimum Gasteiger partial charge on any atom is -0.457 e. The Morgan fingerprint density at radius 2 is 1.72 bits per heavy atom. The van der Waals surface area contributed by atoms with E-state index in [9.17, 15) is 4.79 Å². The standard InChI is InChI=1S/C21H16INO2/c22-19-7-4-8-20(13-19)23-14-16-9-11-18(12-10-16)21(24)25-15-17-5-2-1-3-6-17/h1-14H,15H2/b23-14+. The fourth-order valence-electron chi connectivity index (χ4n) is 2.22. The molecule has 3 rings (SSSR count). The molecule has 0 spiro atoms. The molecule has 4 heteroatoms. The Morgan fingerprint density at radius 3 is 2.44 bits per heavy atom. The van der Waals surface area contributed by atoms with Gasteiger partial charge in [0.15, 0.2) is 0 Å². The third kappa shape index (κ3) is 5.26. The number of ether oxygens (including phenoxy) is 1. The number of benzene rings is 3. The molecule has 0 saturated carbocycles. The molecule has 3 aromatic carbocycles. The Hall–Kier alpha value is -2.47. The van der Waals surface area contributed by atoms with E-state index in [2.05, 4.69) is 27.6 Å². The van der Waals surface area contributed by atoms with E-state index in [0.717, 1.165) is 20.4 Å². The fraction of sp³-hybridized carbons (Fsp3) is 0.0476. The Labute approximate surface area is 160 Å². The zero-order valence-corrected chi connectivity index (χ0v) is 15.6. The summed E-state index contributed by atoms with van der Waals surface area (Å²) in [7, 11) is 0. The van der Waals surface area contributed by atoms with E-state index in [1.54, 1.807) is 18.3 Å². The van der Waals surface area contributed by atoms with E-state index in [-0.39, 0.29) is 12.6 Å². The summed E-state index contributed by atoms with van der Waals surface area (Å²) in [6.45, 7) is 0.273. The summed E-state index contributed by atoms with van der Waals surface area (Å²) in [5.41, 5.74) is 3.33. The second kappa shape index (κ2) is 8.58. The minimum absolute atomic E-state index is 0.273. The average Bonchev–Trinajstić information content (AvgIpc) is 2.66. The van der Waals surface area contributed by atoms with Crippen LogP contribution in [0.2, 0.25) is 0 Å². The normalized spacial score (nSPS) is 10.8. The third-order valence-electron chi connectivity index (χ3n) is 3.53. The maximum Gasteiger partial charge on any atom is 0.338 e. The second-order valence-electron chi connectivity index (χ2n) is 5.42. The molecule has 0 atom stereocenters. The molecular weight excluding hydrogens is 425 g/mol. The summed E-state index contributed by atoms with van der Waals surface area (Å²) < 4.78 is 6.47. The van der Waals surface area contributed by atoms with Gasteiger partial charge in [0.2, 0.25) is 0 Å². The predicted molar refractivity (Wildman–Crippen MR) is 108 cm³/mol. The van der Waals surface area contributed by atoms with Crippen molar-refractivity contribution in [3.8, 4) is 0 Å². The molecule has 0 aromatic heterocycles. The van der Waals surface area contributed by atoms with Crippen LogP contribution in [0.15, 0.2) is 83.9 Å². The van der Waals surface area contributed by atoms with Crippen LogP contribution >= 0.6 is 22.6 Å². The molecule has 124 valence electrons. The Morgan fingerprint density at radius 1 is 0.960 bits per heavy atom. The molecule has 0 aliphatic heterocycles. The summed E-state index contributed by atoms with van der Waals surface area (Å²) in [5, 5.41) is 0. The molecule has 0 amide bonds. The van der Waals surface area contributed by atoms with Crippen LogP contribution < -0.4 is 0 Å². The molecule has 0 bridgehead atoms. The number of aliphatic imine (C=N–C) groups is 1. The van der Waals surface area contributed by atoms with Crippen LogP contribution in [-0.4, -0.2) is 12.2 Å². The molecule has 0 aliphatic rings. The van der Waals surface area contributed by atoms with Gasteiger partial charge in [-0.3, -0.25) is 4.99 Å². The number of hydrogen-bond donors (Lipinski definition) is 0. The lowest BCUT2D eigenvalue weighted by atomic mass is 10.1. The highest BCUT2D eigenvalue weighted by Gasteiger charge is 2.06. The van der Waals surface area contributed by atoms with Gasteiger partial charge in [0.1, 0.15) is 6.61 Å². The summed E-state index contributed by atoms with van der Waals surface area (Å²) in [6.07, 6.45) is 1.78. The Balaban J connectivity index is 1.60. The van der Waals surface area contributed by atoms with Crippen LogP contribution in [0, 0.1) is 3.57 Å². The summed E-state index contributed by atoms with van der Waals surface area (Å²) in [6, 6.07) is 24.8. The summed E-state index contributed by atoms with van der Waals surface area (Å²) in [5.74, 6) is -0.329. The zero-order chi connectivity index (χ0) is 17.5. The van der Waals surface area contributed by atoms with Gasteiger partial charge in [0.05, 0.1) is 11.3 Å². The van der Waals surface area contributed by atoms with Crippen molar-refractivity contribution >= 4 is 40.5 Å². The molecule has 0 unspecified atom stereocenters. The van der Waals surface area contributed by atoms with E-state index in [1.807, 2.05) is 66.7 Å². The van der Waals surface area contributed by atoms with Crippen LogP contribution in [0.3, 0.4) is 0 Å². The van der Waals surface area contributed by atoms with Gasteiger partial charge in [0, 0.05) is 9.78 Å².